The van der Waals surface area contributed by atoms with E-state index >= 15 is 0 Å². The molecule has 0 saturated carbocycles. The predicted molar refractivity (Wildman–Crippen MR) is 75.8 cm³/mol. The highest BCUT2D eigenvalue weighted by molar-refractivity contribution is 5.99. The molecule has 6 heteroatoms. The Morgan fingerprint density at radius 1 is 1.45 bits per heavy atom. The maximum Gasteiger partial charge on any atom is 0.324 e. The van der Waals surface area contributed by atoms with Gasteiger partial charge in [0.1, 0.15) is 11.8 Å². The van der Waals surface area contributed by atoms with Gasteiger partial charge >= 0.3 is 6.03 Å². The summed E-state index contributed by atoms with van der Waals surface area (Å²) in [4.78, 5) is 24.8. The third kappa shape index (κ3) is 3.20. The molecule has 3 amide bonds. The van der Waals surface area contributed by atoms with Gasteiger partial charge < -0.3 is 15.4 Å². The van der Waals surface area contributed by atoms with Crippen molar-refractivity contribution >= 4 is 17.6 Å². The molecule has 0 radical (unpaired) electrons. The first-order valence-corrected chi connectivity index (χ1v) is 6.70. The summed E-state index contributed by atoms with van der Waals surface area (Å²) >= 11 is 0. The molecule has 6 nitrogen and oxygen atoms in total. The molecule has 108 valence electrons. The van der Waals surface area contributed by atoms with E-state index in [1.165, 1.54) is 4.90 Å². The molecule has 0 aromatic heterocycles. The molecule has 1 aliphatic rings. The molecule has 2 N–H and O–H groups in total. The van der Waals surface area contributed by atoms with E-state index < -0.39 is 6.04 Å². The van der Waals surface area contributed by atoms with Gasteiger partial charge in [0, 0.05) is 18.8 Å². The van der Waals surface area contributed by atoms with E-state index in [-0.39, 0.29) is 11.9 Å². The maximum atomic E-state index is 12.1. The molecule has 0 spiro atoms. The van der Waals surface area contributed by atoms with Crippen LogP contribution in [0, 0.1) is 0 Å². The number of anilines is 1. The second kappa shape index (κ2) is 6.27. The molecule has 1 atom stereocenters. The first-order chi connectivity index (χ1) is 9.61. The topological polar surface area (TPSA) is 70.7 Å². The predicted octanol–water partition coefficient (Wildman–Crippen LogP) is 1.44. The number of benzene rings is 1. The fraction of sp³-hybridized carbons (Fsp3) is 0.429. The molecule has 0 aliphatic carbocycles. The number of carbonyl (C=O) groups is 2. The zero-order valence-electron chi connectivity index (χ0n) is 11.7. The van der Waals surface area contributed by atoms with Gasteiger partial charge in [0.05, 0.1) is 6.61 Å². The summed E-state index contributed by atoms with van der Waals surface area (Å²) in [5, 5.41) is 5.69. The number of hydrogen-bond donors (Lipinski definition) is 2. The normalized spacial score (nSPS) is 15.7. The Balaban J connectivity index is 1.94. The van der Waals surface area contributed by atoms with Crippen LogP contribution in [0.2, 0.25) is 0 Å². The van der Waals surface area contributed by atoms with Crippen molar-refractivity contribution in [3.8, 4) is 5.75 Å². The van der Waals surface area contributed by atoms with Crippen LogP contribution in [-0.4, -0.2) is 42.6 Å². The van der Waals surface area contributed by atoms with Crippen molar-refractivity contribution in [1.29, 1.82) is 0 Å². The van der Waals surface area contributed by atoms with Gasteiger partial charge in [-0.3, -0.25) is 9.69 Å². The van der Waals surface area contributed by atoms with E-state index in [1.54, 1.807) is 6.92 Å². The van der Waals surface area contributed by atoms with Crippen LogP contribution in [0.15, 0.2) is 24.3 Å². The molecule has 2 rings (SSSR count). The van der Waals surface area contributed by atoms with Gasteiger partial charge in [-0.05, 0) is 38.1 Å². The minimum Gasteiger partial charge on any atom is -0.494 e. The molecule has 1 aromatic rings. The number of nitrogens with zero attached hydrogens (tertiary/aromatic N) is 1. The Morgan fingerprint density at radius 3 is 2.70 bits per heavy atom. The summed E-state index contributed by atoms with van der Waals surface area (Å²) in [6.07, 6.45) is 0. The summed E-state index contributed by atoms with van der Waals surface area (Å²) in [7, 11) is 0. The highest BCUT2D eigenvalue weighted by Gasteiger charge is 2.29. The second-order valence-corrected chi connectivity index (χ2v) is 4.55. The van der Waals surface area contributed by atoms with Crippen LogP contribution in [0.5, 0.6) is 5.75 Å². The van der Waals surface area contributed by atoms with Crippen LogP contribution in [0.4, 0.5) is 10.5 Å². The van der Waals surface area contributed by atoms with Crippen LogP contribution in [0.3, 0.4) is 0 Å². The molecule has 1 aromatic carbocycles. The lowest BCUT2D eigenvalue weighted by Gasteiger charge is -2.19. The van der Waals surface area contributed by atoms with Crippen molar-refractivity contribution in [2.45, 2.75) is 19.9 Å². The molecular formula is C14H19N3O3. The molecule has 1 saturated heterocycles. The zero-order valence-corrected chi connectivity index (χ0v) is 11.7. The molecule has 1 heterocycles. The van der Waals surface area contributed by atoms with Gasteiger partial charge in [-0.15, -0.1) is 0 Å². The number of rotatable bonds is 5. The Bertz CT molecular complexity index is 487. The van der Waals surface area contributed by atoms with Crippen molar-refractivity contribution < 1.29 is 14.3 Å². The number of amides is 3. The van der Waals surface area contributed by atoms with Crippen LogP contribution in [-0.2, 0) is 4.79 Å². The third-order valence-corrected chi connectivity index (χ3v) is 3.04. The Labute approximate surface area is 118 Å². The summed E-state index contributed by atoms with van der Waals surface area (Å²) in [6.45, 7) is 5.22. The van der Waals surface area contributed by atoms with Crippen molar-refractivity contribution in [3.05, 3.63) is 24.3 Å². The second-order valence-electron chi connectivity index (χ2n) is 4.55. The van der Waals surface area contributed by atoms with E-state index in [9.17, 15) is 9.59 Å². The Morgan fingerprint density at radius 2 is 2.15 bits per heavy atom. The summed E-state index contributed by atoms with van der Waals surface area (Å²) in [5.41, 5.74) is 0.814. The molecule has 20 heavy (non-hydrogen) atoms. The number of nitrogens with one attached hydrogen (secondary N) is 2. The highest BCUT2D eigenvalue weighted by Crippen LogP contribution is 2.17. The largest absolute Gasteiger partial charge is 0.494 e. The van der Waals surface area contributed by atoms with Gasteiger partial charge in [-0.25, -0.2) is 4.79 Å². The van der Waals surface area contributed by atoms with Gasteiger partial charge in [0.15, 0.2) is 0 Å². The van der Waals surface area contributed by atoms with Gasteiger partial charge in [-0.2, -0.15) is 0 Å². The molecule has 0 bridgehead atoms. The maximum absolute atomic E-state index is 12.1. The van der Waals surface area contributed by atoms with E-state index in [4.69, 9.17) is 4.74 Å². The highest BCUT2D eigenvalue weighted by atomic mass is 16.5. The van der Waals surface area contributed by atoms with E-state index in [0.29, 0.717) is 19.7 Å². The molecule has 1 fully saturated rings. The van der Waals surface area contributed by atoms with Crippen molar-refractivity contribution in [3.63, 3.8) is 0 Å². The minimum absolute atomic E-state index is 0.228. The third-order valence-electron chi connectivity index (χ3n) is 3.04. The standard InChI is InChI=1S/C14H19N3O3/c1-3-20-12-6-4-11(5-7-12)16-10(2)13(18)17-9-8-15-14(17)19/h4-7,10,16H,3,8-9H2,1-2H3,(H,15,19). The molecule has 1 aliphatic heterocycles. The lowest BCUT2D eigenvalue weighted by atomic mass is 10.2. The van der Waals surface area contributed by atoms with Gasteiger partial charge in [0.2, 0.25) is 0 Å². The average Bonchev–Trinajstić information content (AvgIpc) is 2.86. The number of imide groups is 1. The first kappa shape index (κ1) is 14.2. The average molecular weight is 277 g/mol. The van der Waals surface area contributed by atoms with E-state index in [2.05, 4.69) is 10.6 Å². The fourth-order valence-corrected chi connectivity index (χ4v) is 2.04. The SMILES string of the molecule is CCOc1ccc(NC(C)C(=O)N2CCNC2=O)cc1. The smallest absolute Gasteiger partial charge is 0.324 e. The monoisotopic (exact) mass is 277 g/mol. The van der Waals surface area contributed by atoms with E-state index in [0.717, 1.165) is 11.4 Å². The van der Waals surface area contributed by atoms with Crippen molar-refractivity contribution in [1.82, 2.24) is 10.2 Å². The van der Waals surface area contributed by atoms with Crippen LogP contribution >= 0.6 is 0 Å². The lowest BCUT2D eigenvalue weighted by molar-refractivity contribution is -0.128. The Hall–Kier alpha value is -2.24. The first-order valence-electron chi connectivity index (χ1n) is 6.70. The van der Waals surface area contributed by atoms with Gasteiger partial charge in [-0.1, -0.05) is 0 Å². The molecule has 1 unspecified atom stereocenters. The lowest BCUT2D eigenvalue weighted by Crippen LogP contribution is -2.43. The quantitative estimate of drug-likeness (QED) is 0.854. The van der Waals surface area contributed by atoms with Gasteiger partial charge in [0.25, 0.3) is 5.91 Å². The zero-order chi connectivity index (χ0) is 14.5. The summed E-state index contributed by atoms with van der Waals surface area (Å²) < 4.78 is 5.35. The van der Waals surface area contributed by atoms with Crippen LogP contribution in [0.1, 0.15) is 13.8 Å². The molecular weight excluding hydrogens is 258 g/mol. The van der Waals surface area contributed by atoms with E-state index in [1.807, 2.05) is 31.2 Å². The summed E-state index contributed by atoms with van der Waals surface area (Å²) in [6, 6.07) is 6.58. The fourth-order valence-electron chi connectivity index (χ4n) is 2.04. The van der Waals surface area contributed by atoms with Crippen LogP contribution < -0.4 is 15.4 Å². The minimum atomic E-state index is -0.461. The number of carbonyl (C=O) groups excluding carboxylic acids is 2. The number of ether oxygens (including phenoxy) is 1. The van der Waals surface area contributed by atoms with Crippen LogP contribution in [0.25, 0.3) is 0 Å². The summed E-state index contributed by atoms with van der Waals surface area (Å²) in [5.74, 6) is 0.560. The Kier molecular flexibility index (Phi) is 4.45. The van der Waals surface area contributed by atoms with Crippen molar-refractivity contribution in [2.75, 3.05) is 25.0 Å². The number of urea groups is 1. The number of hydrogen-bond acceptors (Lipinski definition) is 4. The van der Waals surface area contributed by atoms with Crippen molar-refractivity contribution in [2.24, 2.45) is 0 Å².